The summed E-state index contributed by atoms with van der Waals surface area (Å²) >= 11 is 2.02. The summed E-state index contributed by atoms with van der Waals surface area (Å²) in [7, 11) is 0. The molecule has 1 heterocycles. The zero-order chi connectivity index (χ0) is 12.6. The minimum Gasteiger partial charge on any atom is -0.334 e. The number of nitrogens with two attached hydrogens (primary N) is 1. The van der Waals surface area contributed by atoms with E-state index in [0.29, 0.717) is 20.8 Å². The molecule has 0 radical (unpaired) electrons. The van der Waals surface area contributed by atoms with Crippen molar-refractivity contribution in [3.05, 3.63) is 33.4 Å². The predicted octanol–water partition coefficient (Wildman–Crippen LogP) is 2.67. The van der Waals surface area contributed by atoms with E-state index in [1.807, 2.05) is 22.6 Å². The van der Waals surface area contributed by atoms with Crippen LogP contribution >= 0.6 is 22.6 Å². The molecule has 2 rings (SSSR count). The van der Waals surface area contributed by atoms with Crippen LogP contribution in [0.4, 0.5) is 4.39 Å². The first-order chi connectivity index (χ1) is 7.88. The van der Waals surface area contributed by atoms with Gasteiger partial charge in [0.15, 0.2) is 5.82 Å². The van der Waals surface area contributed by atoms with Gasteiger partial charge in [-0.15, -0.1) is 0 Å². The molecule has 17 heavy (non-hydrogen) atoms. The molecule has 4 nitrogen and oxygen atoms in total. The Morgan fingerprint density at radius 3 is 2.65 bits per heavy atom. The van der Waals surface area contributed by atoms with E-state index in [0.717, 1.165) is 0 Å². The molecular formula is C11H11FIN3O. The van der Waals surface area contributed by atoms with Gasteiger partial charge in [-0.05, 0) is 54.6 Å². The van der Waals surface area contributed by atoms with Gasteiger partial charge in [0.2, 0.25) is 0 Å². The van der Waals surface area contributed by atoms with Gasteiger partial charge < -0.3 is 10.3 Å². The third-order valence-corrected chi connectivity index (χ3v) is 3.06. The molecule has 0 aliphatic rings. The van der Waals surface area contributed by atoms with Gasteiger partial charge in [0, 0.05) is 3.57 Å². The average molecular weight is 347 g/mol. The van der Waals surface area contributed by atoms with Crippen molar-refractivity contribution in [3.63, 3.8) is 0 Å². The zero-order valence-electron chi connectivity index (χ0n) is 9.37. The molecule has 0 amide bonds. The van der Waals surface area contributed by atoms with Crippen LogP contribution in [-0.2, 0) is 5.54 Å². The monoisotopic (exact) mass is 347 g/mol. The minimum atomic E-state index is -0.660. The molecule has 0 aliphatic carbocycles. The van der Waals surface area contributed by atoms with E-state index >= 15 is 0 Å². The molecule has 0 fully saturated rings. The van der Waals surface area contributed by atoms with Crippen LogP contribution in [0.25, 0.3) is 11.5 Å². The van der Waals surface area contributed by atoms with Crippen LogP contribution in [0.3, 0.4) is 0 Å². The van der Waals surface area contributed by atoms with Gasteiger partial charge in [-0.3, -0.25) is 0 Å². The molecule has 0 spiro atoms. The molecule has 0 unspecified atom stereocenters. The van der Waals surface area contributed by atoms with E-state index in [1.165, 1.54) is 12.1 Å². The SMILES string of the molecule is CC(C)(N)c1noc(-c2ccc(F)cc2I)n1. The van der Waals surface area contributed by atoms with E-state index in [1.54, 1.807) is 19.9 Å². The molecule has 0 atom stereocenters. The number of benzene rings is 1. The third kappa shape index (κ3) is 2.63. The molecule has 0 aliphatic heterocycles. The number of nitrogens with zero attached hydrogens (tertiary/aromatic N) is 2. The zero-order valence-corrected chi connectivity index (χ0v) is 11.5. The predicted molar refractivity (Wildman–Crippen MR) is 69.6 cm³/mol. The number of hydrogen-bond donors (Lipinski definition) is 1. The fourth-order valence-electron chi connectivity index (χ4n) is 1.26. The highest BCUT2D eigenvalue weighted by Gasteiger charge is 2.22. The Morgan fingerprint density at radius 2 is 2.12 bits per heavy atom. The van der Waals surface area contributed by atoms with E-state index in [-0.39, 0.29) is 5.82 Å². The molecule has 6 heteroatoms. The van der Waals surface area contributed by atoms with Crippen LogP contribution in [0, 0.1) is 9.39 Å². The quantitative estimate of drug-likeness (QED) is 0.849. The Kier molecular flexibility index (Phi) is 3.17. The van der Waals surface area contributed by atoms with Gasteiger partial charge in [-0.25, -0.2) is 4.39 Å². The molecule has 2 N–H and O–H groups in total. The van der Waals surface area contributed by atoms with Crippen LogP contribution in [0.1, 0.15) is 19.7 Å². The smallest absolute Gasteiger partial charge is 0.259 e. The van der Waals surface area contributed by atoms with Gasteiger partial charge in [-0.1, -0.05) is 5.16 Å². The summed E-state index contributed by atoms with van der Waals surface area (Å²) in [4.78, 5) is 4.21. The molecule has 0 saturated carbocycles. The summed E-state index contributed by atoms with van der Waals surface area (Å²) in [6.45, 7) is 3.58. The maximum Gasteiger partial charge on any atom is 0.259 e. The van der Waals surface area contributed by atoms with Crippen LogP contribution in [-0.4, -0.2) is 10.1 Å². The van der Waals surface area contributed by atoms with Crippen LogP contribution in [0.5, 0.6) is 0 Å². The van der Waals surface area contributed by atoms with E-state index in [4.69, 9.17) is 10.3 Å². The highest BCUT2D eigenvalue weighted by Crippen LogP contribution is 2.26. The van der Waals surface area contributed by atoms with Gasteiger partial charge in [0.1, 0.15) is 5.82 Å². The number of halogens is 2. The first-order valence-electron chi connectivity index (χ1n) is 4.96. The minimum absolute atomic E-state index is 0.294. The lowest BCUT2D eigenvalue weighted by molar-refractivity contribution is 0.397. The Bertz CT molecular complexity index is 548. The van der Waals surface area contributed by atoms with E-state index < -0.39 is 5.54 Å². The van der Waals surface area contributed by atoms with Gasteiger partial charge >= 0.3 is 0 Å². The first kappa shape index (κ1) is 12.4. The summed E-state index contributed by atoms with van der Waals surface area (Å²) in [5.74, 6) is 0.479. The van der Waals surface area contributed by atoms with Crippen LogP contribution in [0.15, 0.2) is 22.7 Å². The topological polar surface area (TPSA) is 64.9 Å². The molecule has 90 valence electrons. The van der Waals surface area contributed by atoms with Crippen molar-refractivity contribution in [2.45, 2.75) is 19.4 Å². The molecule has 0 bridgehead atoms. The van der Waals surface area contributed by atoms with Crippen molar-refractivity contribution in [3.8, 4) is 11.5 Å². The Labute approximate surface area is 112 Å². The van der Waals surface area contributed by atoms with Crippen molar-refractivity contribution < 1.29 is 8.91 Å². The Balaban J connectivity index is 2.44. The lowest BCUT2D eigenvalue weighted by Gasteiger charge is -2.11. The van der Waals surface area contributed by atoms with Crippen molar-refractivity contribution in [1.29, 1.82) is 0 Å². The van der Waals surface area contributed by atoms with Crippen molar-refractivity contribution in [2.75, 3.05) is 0 Å². The van der Waals surface area contributed by atoms with Crippen LogP contribution < -0.4 is 5.73 Å². The van der Waals surface area contributed by atoms with Crippen molar-refractivity contribution in [1.82, 2.24) is 10.1 Å². The maximum absolute atomic E-state index is 13.0. The fourth-order valence-corrected chi connectivity index (χ4v) is 1.97. The summed E-state index contributed by atoms with van der Waals surface area (Å²) < 4.78 is 18.8. The number of aromatic nitrogens is 2. The standard InChI is InChI=1S/C11H11FIN3O/c1-11(2,14)10-15-9(17-16-10)7-4-3-6(12)5-8(7)13/h3-5H,14H2,1-2H3. The molecule has 1 aromatic carbocycles. The second kappa shape index (κ2) is 4.34. The molecule has 2 aromatic rings. The van der Waals surface area contributed by atoms with E-state index in [2.05, 4.69) is 10.1 Å². The lowest BCUT2D eigenvalue weighted by Crippen LogP contribution is -2.30. The van der Waals surface area contributed by atoms with E-state index in [9.17, 15) is 4.39 Å². The van der Waals surface area contributed by atoms with Crippen molar-refractivity contribution in [2.24, 2.45) is 5.73 Å². The average Bonchev–Trinajstić information content (AvgIpc) is 2.65. The second-order valence-corrected chi connectivity index (χ2v) is 5.43. The normalized spacial score (nSPS) is 11.8. The highest BCUT2D eigenvalue weighted by atomic mass is 127. The van der Waals surface area contributed by atoms with Gasteiger partial charge in [0.05, 0.1) is 11.1 Å². The Morgan fingerprint density at radius 1 is 1.41 bits per heavy atom. The summed E-state index contributed by atoms with van der Waals surface area (Å²) in [6.07, 6.45) is 0. The van der Waals surface area contributed by atoms with Crippen LogP contribution in [0.2, 0.25) is 0 Å². The van der Waals surface area contributed by atoms with Gasteiger partial charge in [0.25, 0.3) is 5.89 Å². The van der Waals surface area contributed by atoms with Gasteiger partial charge in [-0.2, -0.15) is 4.98 Å². The summed E-state index contributed by atoms with van der Waals surface area (Å²) in [6, 6.07) is 4.38. The molecule has 0 saturated heterocycles. The summed E-state index contributed by atoms with van der Waals surface area (Å²) in [5, 5.41) is 3.82. The first-order valence-corrected chi connectivity index (χ1v) is 6.04. The third-order valence-electron chi connectivity index (χ3n) is 2.16. The largest absolute Gasteiger partial charge is 0.334 e. The number of rotatable bonds is 2. The lowest BCUT2D eigenvalue weighted by atomic mass is 10.1. The Hall–Kier alpha value is -1.02. The second-order valence-electron chi connectivity index (χ2n) is 4.27. The van der Waals surface area contributed by atoms with Crippen molar-refractivity contribution >= 4 is 22.6 Å². The molecular weight excluding hydrogens is 336 g/mol. The summed E-state index contributed by atoms with van der Waals surface area (Å²) in [5.41, 5.74) is 5.91. The number of hydrogen-bond acceptors (Lipinski definition) is 4. The fraction of sp³-hybridized carbons (Fsp3) is 0.273. The maximum atomic E-state index is 13.0. The highest BCUT2D eigenvalue weighted by molar-refractivity contribution is 14.1. The molecule has 1 aromatic heterocycles.